The molecule has 0 aromatic heterocycles. The molecule has 1 saturated heterocycles. The Morgan fingerprint density at radius 3 is 2.35 bits per heavy atom. The van der Waals surface area contributed by atoms with Crippen molar-refractivity contribution in [1.29, 1.82) is 0 Å². The van der Waals surface area contributed by atoms with Gasteiger partial charge >= 0.3 is 0 Å². The van der Waals surface area contributed by atoms with Crippen LogP contribution in [-0.2, 0) is 10.2 Å². The van der Waals surface area contributed by atoms with E-state index in [0.29, 0.717) is 25.6 Å². The van der Waals surface area contributed by atoms with E-state index in [-0.39, 0.29) is 18.4 Å². The highest BCUT2D eigenvalue weighted by molar-refractivity contribution is 7.87. The molecule has 0 aromatic carbocycles. The Bertz CT molecular complexity index is 326. The average Bonchev–Trinajstić information content (AvgIpc) is 3.11. The van der Waals surface area contributed by atoms with E-state index in [1.807, 2.05) is 0 Å². The monoisotopic (exact) mass is 283 g/mol. The Balaban J connectivity index is 0.00000144. The second-order valence-corrected chi connectivity index (χ2v) is 6.57. The SMILES string of the molecule is Cl.NC(CNS(=O)(=O)N1CCCCC1)C1CC1. The van der Waals surface area contributed by atoms with E-state index in [1.165, 1.54) is 4.31 Å². The van der Waals surface area contributed by atoms with Gasteiger partial charge in [-0.05, 0) is 31.6 Å². The molecule has 5 nitrogen and oxygen atoms in total. The van der Waals surface area contributed by atoms with Crippen molar-refractivity contribution in [2.75, 3.05) is 19.6 Å². The predicted octanol–water partition coefficient (Wildman–Crippen LogP) is 0.466. The summed E-state index contributed by atoms with van der Waals surface area (Å²) < 4.78 is 27.9. The average molecular weight is 284 g/mol. The first-order valence-corrected chi connectivity index (χ1v) is 7.54. The van der Waals surface area contributed by atoms with Crippen molar-refractivity contribution in [1.82, 2.24) is 9.03 Å². The van der Waals surface area contributed by atoms with Gasteiger partial charge in [-0.15, -0.1) is 12.4 Å². The molecule has 1 heterocycles. The van der Waals surface area contributed by atoms with Crippen LogP contribution in [0.15, 0.2) is 0 Å². The number of rotatable bonds is 5. The van der Waals surface area contributed by atoms with Crippen LogP contribution < -0.4 is 10.5 Å². The smallest absolute Gasteiger partial charge is 0.279 e. The Hall–Kier alpha value is 0.120. The molecular formula is C10H22ClN3O2S. The number of nitrogens with two attached hydrogens (primary N) is 1. The second-order valence-electron chi connectivity index (χ2n) is 4.81. The molecule has 2 rings (SSSR count). The van der Waals surface area contributed by atoms with Gasteiger partial charge in [0.05, 0.1) is 0 Å². The Morgan fingerprint density at radius 1 is 1.24 bits per heavy atom. The maximum Gasteiger partial charge on any atom is 0.279 e. The minimum Gasteiger partial charge on any atom is -0.326 e. The van der Waals surface area contributed by atoms with Gasteiger partial charge in [-0.2, -0.15) is 12.7 Å². The summed E-state index contributed by atoms with van der Waals surface area (Å²) in [6.45, 7) is 1.67. The fourth-order valence-electron chi connectivity index (χ4n) is 2.09. The third kappa shape index (κ3) is 4.37. The standard InChI is InChI=1S/C10H21N3O2S.ClH/c11-10(9-4-5-9)8-12-16(14,15)13-6-2-1-3-7-13;/h9-10,12H,1-8,11H2;1H. The molecule has 2 aliphatic rings. The largest absolute Gasteiger partial charge is 0.326 e. The molecule has 3 N–H and O–H groups in total. The summed E-state index contributed by atoms with van der Waals surface area (Å²) in [5, 5.41) is 0. The van der Waals surface area contributed by atoms with Gasteiger partial charge in [0.25, 0.3) is 10.2 Å². The normalized spacial score (nSPS) is 24.1. The summed E-state index contributed by atoms with van der Waals surface area (Å²) in [5.41, 5.74) is 5.87. The maximum absolute atomic E-state index is 11.9. The first-order chi connectivity index (χ1) is 7.59. The fourth-order valence-corrected chi connectivity index (χ4v) is 3.41. The molecule has 1 unspecified atom stereocenters. The van der Waals surface area contributed by atoms with Crippen molar-refractivity contribution in [3.05, 3.63) is 0 Å². The van der Waals surface area contributed by atoms with Gasteiger partial charge in [-0.25, -0.2) is 4.72 Å². The van der Waals surface area contributed by atoms with Crippen molar-refractivity contribution in [3.63, 3.8) is 0 Å². The van der Waals surface area contributed by atoms with E-state index in [0.717, 1.165) is 32.1 Å². The van der Waals surface area contributed by atoms with E-state index >= 15 is 0 Å². The van der Waals surface area contributed by atoms with Gasteiger partial charge in [0.2, 0.25) is 0 Å². The van der Waals surface area contributed by atoms with Gasteiger partial charge in [0.1, 0.15) is 0 Å². The highest BCUT2D eigenvalue weighted by Gasteiger charge is 2.30. The molecule has 0 spiro atoms. The third-order valence-electron chi connectivity index (χ3n) is 3.38. The van der Waals surface area contributed by atoms with Crippen molar-refractivity contribution in [2.24, 2.45) is 11.7 Å². The molecule has 17 heavy (non-hydrogen) atoms. The number of hydrogen-bond donors (Lipinski definition) is 2. The lowest BCUT2D eigenvalue weighted by Gasteiger charge is -2.26. The van der Waals surface area contributed by atoms with Crippen LogP contribution in [0.25, 0.3) is 0 Å². The van der Waals surface area contributed by atoms with E-state index in [9.17, 15) is 8.42 Å². The number of piperidine rings is 1. The number of hydrogen-bond acceptors (Lipinski definition) is 3. The summed E-state index contributed by atoms with van der Waals surface area (Å²) in [5.74, 6) is 0.532. The summed E-state index contributed by atoms with van der Waals surface area (Å²) in [7, 11) is -3.28. The van der Waals surface area contributed by atoms with Crippen molar-refractivity contribution in [3.8, 4) is 0 Å². The number of halogens is 1. The van der Waals surface area contributed by atoms with E-state index < -0.39 is 10.2 Å². The lowest BCUT2D eigenvalue weighted by Crippen LogP contribution is -2.47. The van der Waals surface area contributed by atoms with E-state index in [4.69, 9.17) is 5.73 Å². The predicted molar refractivity (Wildman–Crippen MR) is 70.3 cm³/mol. The summed E-state index contributed by atoms with van der Waals surface area (Å²) in [6.07, 6.45) is 5.36. The van der Waals surface area contributed by atoms with Crippen LogP contribution >= 0.6 is 12.4 Å². The number of nitrogens with one attached hydrogen (secondary N) is 1. The molecule has 0 radical (unpaired) electrons. The minimum atomic E-state index is -3.28. The Labute approximate surface area is 110 Å². The molecule has 7 heteroatoms. The topological polar surface area (TPSA) is 75.4 Å². The minimum absolute atomic E-state index is 0. The van der Waals surface area contributed by atoms with Crippen LogP contribution in [0.3, 0.4) is 0 Å². The third-order valence-corrected chi connectivity index (χ3v) is 4.96. The Kier molecular flexibility index (Phi) is 5.66. The molecular weight excluding hydrogens is 262 g/mol. The molecule has 0 aromatic rings. The zero-order valence-electron chi connectivity index (χ0n) is 9.97. The zero-order valence-corrected chi connectivity index (χ0v) is 11.6. The van der Waals surface area contributed by atoms with Crippen LogP contribution in [0.1, 0.15) is 32.1 Å². The molecule has 1 saturated carbocycles. The quantitative estimate of drug-likeness (QED) is 0.770. The first-order valence-electron chi connectivity index (χ1n) is 6.10. The molecule has 1 aliphatic heterocycles. The van der Waals surface area contributed by atoms with Crippen LogP contribution in [0, 0.1) is 5.92 Å². The molecule has 0 amide bonds. The van der Waals surface area contributed by atoms with Crippen LogP contribution in [-0.4, -0.2) is 38.4 Å². The Morgan fingerprint density at radius 2 is 1.82 bits per heavy atom. The highest BCUT2D eigenvalue weighted by atomic mass is 35.5. The molecule has 2 fully saturated rings. The lowest BCUT2D eigenvalue weighted by molar-refractivity contribution is 0.340. The molecule has 0 bridgehead atoms. The van der Waals surface area contributed by atoms with E-state index in [1.54, 1.807) is 0 Å². The summed E-state index contributed by atoms with van der Waals surface area (Å²) in [6, 6.07) is -0.0143. The van der Waals surface area contributed by atoms with Gasteiger partial charge in [0.15, 0.2) is 0 Å². The summed E-state index contributed by atoms with van der Waals surface area (Å²) in [4.78, 5) is 0. The van der Waals surface area contributed by atoms with Crippen LogP contribution in [0.4, 0.5) is 0 Å². The molecule has 102 valence electrons. The van der Waals surface area contributed by atoms with Gasteiger partial charge in [-0.3, -0.25) is 0 Å². The van der Waals surface area contributed by atoms with Crippen LogP contribution in [0.2, 0.25) is 0 Å². The fraction of sp³-hybridized carbons (Fsp3) is 1.00. The van der Waals surface area contributed by atoms with Gasteiger partial charge < -0.3 is 5.73 Å². The van der Waals surface area contributed by atoms with E-state index in [2.05, 4.69) is 4.72 Å². The van der Waals surface area contributed by atoms with Crippen molar-refractivity contribution in [2.45, 2.75) is 38.1 Å². The first kappa shape index (κ1) is 15.2. The number of nitrogens with zero attached hydrogens (tertiary/aromatic N) is 1. The molecule has 1 atom stereocenters. The maximum atomic E-state index is 11.9. The molecule has 1 aliphatic carbocycles. The zero-order chi connectivity index (χ0) is 11.6. The second kappa shape index (κ2) is 6.33. The summed E-state index contributed by atoms with van der Waals surface area (Å²) >= 11 is 0. The van der Waals surface area contributed by atoms with Crippen molar-refractivity contribution < 1.29 is 8.42 Å². The lowest BCUT2D eigenvalue weighted by atomic mass is 10.2. The van der Waals surface area contributed by atoms with Gasteiger partial charge in [-0.1, -0.05) is 6.42 Å². The van der Waals surface area contributed by atoms with Crippen LogP contribution in [0.5, 0.6) is 0 Å². The van der Waals surface area contributed by atoms with Gasteiger partial charge in [0, 0.05) is 25.7 Å². The highest BCUT2D eigenvalue weighted by Crippen LogP contribution is 2.31. The van der Waals surface area contributed by atoms with Crippen molar-refractivity contribution >= 4 is 22.6 Å².